The molecular weight excluding hydrogens is 254 g/mol. The average Bonchev–Trinajstić information content (AvgIpc) is 2.17. The van der Waals surface area contributed by atoms with Crippen molar-refractivity contribution in [1.82, 2.24) is 0 Å². The van der Waals surface area contributed by atoms with Gasteiger partial charge in [0.25, 0.3) is 0 Å². The molecule has 0 spiro atoms. The third-order valence-corrected chi connectivity index (χ3v) is 4.05. The Bertz CT molecular complexity index is 364. The van der Waals surface area contributed by atoms with E-state index in [1.807, 2.05) is 0 Å². The fraction of sp³-hybridized carbons (Fsp3) is 0.667. The van der Waals surface area contributed by atoms with Gasteiger partial charge in [-0.05, 0) is 13.0 Å². The second-order valence-corrected chi connectivity index (χ2v) is 5.93. The third kappa shape index (κ3) is 5.48. The molecule has 94 valence electrons. The Morgan fingerprint density at radius 1 is 1.50 bits per heavy atom. The van der Waals surface area contributed by atoms with Crippen LogP contribution in [0.25, 0.3) is 0 Å². The number of hydrogen-bond acceptors (Lipinski definition) is 5. The molecule has 0 radical (unpaired) electrons. The van der Waals surface area contributed by atoms with Gasteiger partial charge in [-0.15, -0.1) is 0 Å². The average molecular weight is 270 g/mol. The summed E-state index contributed by atoms with van der Waals surface area (Å²) in [7, 11) is -3.45. The van der Waals surface area contributed by atoms with E-state index in [1.165, 1.54) is 6.92 Å². The van der Waals surface area contributed by atoms with E-state index < -0.39 is 21.8 Å². The van der Waals surface area contributed by atoms with Crippen LogP contribution in [0.2, 0.25) is 0 Å². The van der Waals surface area contributed by atoms with Crippen LogP contribution in [0.3, 0.4) is 0 Å². The summed E-state index contributed by atoms with van der Waals surface area (Å²) in [5, 5.41) is 0. The molecule has 0 heterocycles. The lowest BCUT2D eigenvalue weighted by Crippen LogP contribution is -2.23. The van der Waals surface area contributed by atoms with Crippen molar-refractivity contribution in [3.63, 3.8) is 0 Å². The largest absolute Gasteiger partial charge is 0.466 e. The van der Waals surface area contributed by atoms with Crippen molar-refractivity contribution in [3.8, 4) is 0 Å². The molecule has 0 rings (SSSR count). The summed E-state index contributed by atoms with van der Waals surface area (Å²) < 4.78 is 26.9. The van der Waals surface area contributed by atoms with E-state index in [2.05, 4.69) is 4.74 Å². The topological polar surface area (TPSA) is 86.5 Å². The fourth-order valence-electron chi connectivity index (χ4n) is 0.881. The quantitative estimate of drug-likeness (QED) is 0.720. The van der Waals surface area contributed by atoms with Crippen LogP contribution in [0.1, 0.15) is 20.3 Å². The number of nitrogens with two attached hydrogens (primary N) is 1. The maximum atomic E-state index is 11.3. The van der Waals surface area contributed by atoms with E-state index in [1.54, 1.807) is 6.92 Å². The molecule has 0 saturated heterocycles. The third-order valence-electron chi connectivity index (χ3n) is 1.73. The second-order valence-electron chi connectivity index (χ2n) is 3.05. The van der Waals surface area contributed by atoms with E-state index in [-0.39, 0.29) is 23.1 Å². The summed E-state index contributed by atoms with van der Waals surface area (Å²) in [6, 6.07) is -0.757. The maximum absolute atomic E-state index is 11.3. The Morgan fingerprint density at radius 3 is 2.50 bits per heavy atom. The van der Waals surface area contributed by atoms with Crippen molar-refractivity contribution < 1.29 is 17.9 Å². The number of ether oxygens (including phenoxy) is 1. The zero-order valence-electron chi connectivity index (χ0n) is 9.27. The zero-order chi connectivity index (χ0) is 12.8. The molecule has 0 aliphatic heterocycles. The molecule has 0 aromatic carbocycles. The van der Waals surface area contributed by atoms with Gasteiger partial charge in [0.15, 0.2) is 9.84 Å². The van der Waals surface area contributed by atoms with Crippen molar-refractivity contribution in [2.45, 2.75) is 26.3 Å². The van der Waals surface area contributed by atoms with Crippen LogP contribution in [0.5, 0.6) is 0 Å². The Balaban J connectivity index is 4.49. The minimum absolute atomic E-state index is 0.0940. The lowest BCUT2D eigenvalue weighted by molar-refractivity contribution is -0.143. The van der Waals surface area contributed by atoms with Crippen LogP contribution in [-0.2, 0) is 19.4 Å². The van der Waals surface area contributed by atoms with Crippen molar-refractivity contribution in [2.24, 2.45) is 5.73 Å². The van der Waals surface area contributed by atoms with Crippen LogP contribution in [0.4, 0.5) is 0 Å². The number of esters is 1. The van der Waals surface area contributed by atoms with E-state index in [0.717, 1.165) is 6.08 Å². The predicted octanol–water partition coefficient (Wildman–Crippen LogP) is 0.782. The van der Waals surface area contributed by atoms with E-state index >= 15 is 0 Å². The molecule has 0 unspecified atom stereocenters. The standard InChI is InChI=1S/C9H16ClNO4S/c1-3-15-9(12)6-7(11)5-8(10)16(13,14)4-2/h5,7H,3-4,6,11H2,1-2H3/b8-5+/t7-/m1/s1. The molecule has 0 amide bonds. The van der Waals surface area contributed by atoms with Crippen molar-refractivity contribution >= 4 is 27.4 Å². The number of halogens is 1. The summed E-state index contributed by atoms with van der Waals surface area (Å²) >= 11 is 5.57. The molecule has 0 aliphatic carbocycles. The van der Waals surface area contributed by atoms with Gasteiger partial charge in [-0.2, -0.15) is 0 Å². The lowest BCUT2D eigenvalue weighted by atomic mass is 10.2. The van der Waals surface area contributed by atoms with Crippen LogP contribution >= 0.6 is 11.6 Å². The first-order valence-corrected chi connectivity index (χ1v) is 6.87. The number of carbonyl (C=O) groups is 1. The maximum Gasteiger partial charge on any atom is 0.307 e. The van der Waals surface area contributed by atoms with E-state index in [9.17, 15) is 13.2 Å². The first-order chi connectivity index (χ1) is 7.33. The summed E-state index contributed by atoms with van der Waals surface area (Å²) in [4.78, 5) is 11.0. The van der Waals surface area contributed by atoms with Gasteiger partial charge in [0, 0.05) is 6.04 Å². The minimum atomic E-state index is -3.45. The molecule has 0 fully saturated rings. The monoisotopic (exact) mass is 269 g/mol. The SMILES string of the molecule is CCOC(=O)C[C@H](N)/C=C(\Cl)S(=O)(=O)CC. The van der Waals surface area contributed by atoms with Crippen LogP contribution in [0.15, 0.2) is 10.4 Å². The Morgan fingerprint density at radius 2 is 2.06 bits per heavy atom. The van der Waals surface area contributed by atoms with Gasteiger partial charge in [0.05, 0.1) is 18.8 Å². The van der Waals surface area contributed by atoms with Crippen molar-refractivity contribution in [3.05, 3.63) is 10.4 Å². The van der Waals surface area contributed by atoms with Crippen molar-refractivity contribution in [1.29, 1.82) is 0 Å². The minimum Gasteiger partial charge on any atom is -0.466 e. The Hall–Kier alpha value is -0.590. The van der Waals surface area contributed by atoms with Crippen LogP contribution < -0.4 is 5.73 Å². The highest BCUT2D eigenvalue weighted by atomic mass is 35.5. The summed E-state index contributed by atoms with van der Waals surface area (Å²) in [6.45, 7) is 3.41. The first-order valence-electron chi connectivity index (χ1n) is 4.84. The highest BCUT2D eigenvalue weighted by molar-refractivity contribution is 7.96. The highest BCUT2D eigenvalue weighted by Crippen LogP contribution is 2.13. The van der Waals surface area contributed by atoms with Gasteiger partial charge in [-0.1, -0.05) is 18.5 Å². The number of sulfone groups is 1. The van der Waals surface area contributed by atoms with Crippen molar-refractivity contribution in [2.75, 3.05) is 12.4 Å². The highest BCUT2D eigenvalue weighted by Gasteiger charge is 2.15. The van der Waals surface area contributed by atoms with Crippen LogP contribution in [0, 0.1) is 0 Å². The van der Waals surface area contributed by atoms with Gasteiger partial charge < -0.3 is 10.5 Å². The smallest absolute Gasteiger partial charge is 0.307 e. The van der Waals surface area contributed by atoms with Gasteiger partial charge in [0.1, 0.15) is 4.36 Å². The summed E-state index contributed by atoms with van der Waals surface area (Å²) in [6.07, 6.45) is 1.06. The summed E-state index contributed by atoms with van der Waals surface area (Å²) in [5.74, 6) is -0.585. The summed E-state index contributed by atoms with van der Waals surface area (Å²) in [5.41, 5.74) is 5.53. The Labute approximate surface area is 101 Å². The second kappa shape index (κ2) is 6.88. The van der Waals surface area contributed by atoms with Gasteiger partial charge in [-0.3, -0.25) is 4.79 Å². The predicted molar refractivity (Wildman–Crippen MR) is 62.6 cm³/mol. The molecule has 16 heavy (non-hydrogen) atoms. The van der Waals surface area contributed by atoms with Gasteiger partial charge in [0.2, 0.25) is 0 Å². The number of hydrogen-bond donors (Lipinski definition) is 1. The molecule has 0 bridgehead atoms. The van der Waals surface area contributed by atoms with E-state index in [0.29, 0.717) is 0 Å². The molecule has 5 nitrogen and oxygen atoms in total. The zero-order valence-corrected chi connectivity index (χ0v) is 10.8. The molecule has 1 atom stereocenters. The molecule has 7 heteroatoms. The Kier molecular flexibility index (Phi) is 6.62. The van der Waals surface area contributed by atoms with Crippen LogP contribution in [-0.4, -0.2) is 32.8 Å². The lowest BCUT2D eigenvalue weighted by Gasteiger charge is -2.07. The normalized spacial score (nSPS) is 14.6. The number of rotatable bonds is 6. The van der Waals surface area contributed by atoms with Gasteiger partial charge in [-0.25, -0.2) is 8.42 Å². The molecule has 0 aromatic heterocycles. The fourth-order valence-corrected chi connectivity index (χ4v) is 2.03. The molecular formula is C9H16ClNO4S. The van der Waals surface area contributed by atoms with E-state index in [4.69, 9.17) is 17.3 Å². The molecule has 0 aromatic rings. The molecule has 0 saturated carbocycles. The van der Waals surface area contributed by atoms with Gasteiger partial charge >= 0.3 is 5.97 Å². The first kappa shape index (κ1) is 15.4. The molecule has 0 aliphatic rings. The molecule has 2 N–H and O–H groups in total. The number of carbonyl (C=O) groups excluding carboxylic acids is 1.